The lowest BCUT2D eigenvalue weighted by Gasteiger charge is -2.15. The van der Waals surface area contributed by atoms with Gasteiger partial charge in [0.1, 0.15) is 28.0 Å². The third-order valence-electron chi connectivity index (χ3n) is 3.72. The van der Waals surface area contributed by atoms with Crippen LogP contribution in [0.4, 0.5) is 13.2 Å². The predicted octanol–water partition coefficient (Wildman–Crippen LogP) is 4.24. The van der Waals surface area contributed by atoms with E-state index in [-0.39, 0.29) is 28.8 Å². The number of hydrogen-bond acceptors (Lipinski definition) is 3. The van der Waals surface area contributed by atoms with Crippen LogP contribution in [0.15, 0.2) is 41.3 Å². The first-order valence-corrected chi connectivity index (χ1v) is 7.88. The summed E-state index contributed by atoms with van der Waals surface area (Å²) in [6, 6.07) is 4.80. The van der Waals surface area contributed by atoms with E-state index in [2.05, 4.69) is 0 Å². The topological polar surface area (TPSA) is 48.3 Å². The van der Waals surface area contributed by atoms with Gasteiger partial charge in [0.05, 0.1) is 17.8 Å². The Labute approximate surface area is 150 Å². The predicted molar refractivity (Wildman–Crippen MR) is 90.4 cm³/mol. The van der Waals surface area contributed by atoms with Crippen LogP contribution in [0.1, 0.15) is 17.3 Å². The van der Waals surface area contributed by atoms with E-state index in [1.807, 2.05) is 0 Å². The van der Waals surface area contributed by atoms with Gasteiger partial charge in [0.25, 0.3) is 0 Å². The molecule has 0 saturated carbocycles. The minimum atomic E-state index is -0.981. The fourth-order valence-electron chi connectivity index (χ4n) is 2.58. The molecule has 0 saturated heterocycles. The zero-order valence-electron chi connectivity index (χ0n) is 13.4. The summed E-state index contributed by atoms with van der Waals surface area (Å²) in [6.07, 6.45) is 1.00. The Hall–Kier alpha value is -2.80. The average molecular weight is 382 g/mol. The third kappa shape index (κ3) is 2.94. The number of nitrogens with zero attached hydrogens (tertiary/aromatic N) is 1. The van der Waals surface area contributed by atoms with Gasteiger partial charge in [0.15, 0.2) is 0 Å². The first-order valence-electron chi connectivity index (χ1n) is 7.51. The second-order valence-corrected chi connectivity index (χ2v) is 5.69. The maximum Gasteiger partial charge on any atom is 0.343 e. The van der Waals surface area contributed by atoms with Gasteiger partial charge in [-0.05, 0) is 31.2 Å². The zero-order chi connectivity index (χ0) is 19.0. The molecule has 0 amide bonds. The highest BCUT2D eigenvalue weighted by atomic mass is 35.5. The molecule has 0 spiro atoms. The molecule has 4 nitrogen and oxygen atoms in total. The molecule has 0 bridgehead atoms. The highest BCUT2D eigenvalue weighted by Gasteiger charge is 2.21. The Bertz CT molecular complexity index is 1100. The maximum absolute atomic E-state index is 14.3. The van der Waals surface area contributed by atoms with Crippen LogP contribution in [0.25, 0.3) is 16.6 Å². The molecule has 0 aliphatic rings. The Morgan fingerprint density at radius 3 is 2.54 bits per heavy atom. The first-order chi connectivity index (χ1) is 12.3. The molecular formula is C18H11ClF3NO3. The Kier molecular flexibility index (Phi) is 4.73. The number of carbonyl (C=O) groups excluding carboxylic acids is 1. The summed E-state index contributed by atoms with van der Waals surface area (Å²) in [5.41, 5.74) is -1.48. The van der Waals surface area contributed by atoms with E-state index >= 15 is 0 Å². The molecule has 0 N–H and O–H groups in total. The standard InChI is InChI=1S/C18H11ClF3NO3/c1-2-26-18(25)11-8-23(14-6-3-9(20)7-13(14)22)16-10(17(11)24)4-5-12(21)15(16)19/h3-8H,2H2,1H3. The van der Waals surface area contributed by atoms with E-state index in [9.17, 15) is 22.8 Å². The minimum Gasteiger partial charge on any atom is -0.462 e. The van der Waals surface area contributed by atoms with Crippen molar-refractivity contribution in [2.45, 2.75) is 6.92 Å². The summed E-state index contributed by atoms with van der Waals surface area (Å²) in [5.74, 6) is -3.56. The molecule has 2 aromatic carbocycles. The summed E-state index contributed by atoms with van der Waals surface area (Å²) in [5, 5.41) is -0.538. The quantitative estimate of drug-likeness (QED) is 0.638. The molecule has 8 heteroatoms. The fourth-order valence-corrected chi connectivity index (χ4v) is 2.83. The smallest absolute Gasteiger partial charge is 0.343 e. The van der Waals surface area contributed by atoms with Crippen molar-refractivity contribution in [3.8, 4) is 5.69 Å². The third-order valence-corrected chi connectivity index (χ3v) is 4.08. The Balaban J connectivity index is 2.46. The van der Waals surface area contributed by atoms with Gasteiger partial charge >= 0.3 is 5.97 Å². The van der Waals surface area contributed by atoms with Crippen molar-refractivity contribution in [1.29, 1.82) is 0 Å². The highest BCUT2D eigenvalue weighted by molar-refractivity contribution is 6.35. The minimum absolute atomic E-state index is 0.0192. The van der Waals surface area contributed by atoms with Gasteiger partial charge in [0.2, 0.25) is 5.43 Å². The van der Waals surface area contributed by atoms with E-state index in [1.54, 1.807) is 6.92 Å². The van der Waals surface area contributed by atoms with Gasteiger partial charge in [-0.15, -0.1) is 0 Å². The molecule has 1 aromatic heterocycles. The van der Waals surface area contributed by atoms with Gasteiger partial charge in [-0.2, -0.15) is 0 Å². The van der Waals surface area contributed by atoms with Crippen molar-refractivity contribution in [3.63, 3.8) is 0 Å². The summed E-state index contributed by atoms with van der Waals surface area (Å²) >= 11 is 5.98. The number of ether oxygens (including phenoxy) is 1. The van der Waals surface area contributed by atoms with E-state index in [4.69, 9.17) is 16.3 Å². The Morgan fingerprint density at radius 2 is 1.88 bits per heavy atom. The van der Waals surface area contributed by atoms with Crippen molar-refractivity contribution in [2.75, 3.05) is 6.61 Å². The van der Waals surface area contributed by atoms with Crippen molar-refractivity contribution in [2.24, 2.45) is 0 Å². The lowest BCUT2D eigenvalue weighted by Crippen LogP contribution is -2.21. The van der Waals surface area contributed by atoms with Crippen LogP contribution in [-0.4, -0.2) is 17.1 Å². The molecular weight excluding hydrogens is 371 g/mol. The second kappa shape index (κ2) is 6.84. The lowest BCUT2D eigenvalue weighted by atomic mass is 10.1. The maximum atomic E-state index is 14.3. The average Bonchev–Trinajstić information content (AvgIpc) is 2.59. The van der Waals surface area contributed by atoms with E-state index in [1.165, 1.54) is 0 Å². The molecule has 0 fully saturated rings. The second-order valence-electron chi connectivity index (χ2n) is 5.32. The zero-order valence-corrected chi connectivity index (χ0v) is 14.1. The van der Waals surface area contributed by atoms with Gasteiger partial charge in [-0.25, -0.2) is 18.0 Å². The first kappa shape index (κ1) is 18.0. The summed E-state index contributed by atoms with van der Waals surface area (Å²) in [6.45, 7) is 1.58. The van der Waals surface area contributed by atoms with Crippen molar-refractivity contribution in [1.82, 2.24) is 4.57 Å². The fraction of sp³-hybridized carbons (Fsp3) is 0.111. The van der Waals surface area contributed by atoms with E-state index in [0.717, 1.165) is 35.0 Å². The van der Waals surface area contributed by atoms with Crippen molar-refractivity contribution >= 4 is 28.5 Å². The number of hydrogen-bond donors (Lipinski definition) is 0. The molecule has 3 rings (SSSR count). The van der Waals surface area contributed by atoms with E-state index < -0.39 is 33.9 Å². The number of esters is 1. The lowest BCUT2D eigenvalue weighted by molar-refractivity contribution is 0.0524. The van der Waals surface area contributed by atoms with Gasteiger partial charge in [0, 0.05) is 17.6 Å². The van der Waals surface area contributed by atoms with Crippen LogP contribution in [0.2, 0.25) is 5.02 Å². The van der Waals surface area contributed by atoms with Crippen LogP contribution in [0, 0.1) is 17.5 Å². The molecule has 26 heavy (non-hydrogen) atoms. The number of halogens is 4. The summed E-state index contributed by atoms with van der Waals surface area (Å²) in [7, 11) is 0. The SMILES string of the molecule is CCOC(=O)c1cn(-c2ccc(F)cc2F)c2c(Cl)c(F)ccc2c1=O. The number of pyridine rings is 1. The number of rotatable bonds is 3. The van der Waals surface area contributed by atoms with Gasteiger partial charge < -0.3 is 9.30 Å². The van der Waals surface area contributed by atoms with Crippen LogP contribution in [0.3, 0.4) is 0 Å². The molecule has 0 atom stereocenters. The normalized spacial score (nSPS) is 11.0. The molecule has 0 aliphatic carbocycles. The summed E-state index contributed by atoms with van der Waals surface area (Å²) in [4.78, 5) is 24.7. The van der Waals surface area contributed by atoms with E-state index in [0.29, 0.717) is 6.07 Å². The molecule has 1 heterocycles. The van der Waals surface area contributed by atoms with Crippen LogP contribution in [-0.2, 0) is 4.74 Å². The number of fused-ring (bicyclic) bond motifs is 1. The monoisotopic (exact) mass is 381 g/mol. The summed E-state index contributed by atoms with van der Waals surface area (Å²) < 4.78 is 47.3. The molecule has 0 unspecified atom stereocenters. The largest absolute Gasteiger partial charge is 0.462 e. The number of aromatic nitrogens is 1. The molecule has 134 valence electrons. The van der Waals surface area contributed by atoms with Crippen LogP contribution < -0.4 is 5.43 Å². The highest BCUT2D eigenvalue weighted by Crippen LogP contribution is 2.28. The number of benzene rings is 2. The van der Waals surface area contributed by atoms with Crippen molar-refractivity contribution in [3.05, 3.63) is 74.8 Å². The molecule has 0 aliphatic heterocycles. The van der Waals surface area contributed by atoms with Gasteiger partial charge in [-0.3, -0.25) is 4.79 Å². The van der Waals surface area contributed by atoms with Crippen molar-refractivity contribution < 1.29 is 22.7 Å². The Morgan fingerprint density at radius 1 is 1.15 bits per heavy atom. The molecule has 0 radical (unpaired) electrons. The van der Waals surface area contributed by atoms with Gasteiger partial charge in [-0.1, -0.05) is 11.6 Å². The molecule has 3 aromatic rings. The van der Waals surface area contributed by atoms with Crippen LogP contribution >= 0.6 is 11.6 Å². The van der Waals surface area contributed by atoms with Crippen LogP contribution in [0.5, 0.6) is 0 Å². The number of carbonyl (C=O) groups is 1.